The molecule has 1 nitrogen and oxygen atoms in total. The molecule has 1 heterocycles. The SMILES string of the molecule is c1ccc2c(c1)CC2CC1CCCCN1. The van der Waals surface area contributed by atoms with Crippen molar-refractivity contribution in [2.75, 3.05) is 6.54 Å². The molecular weight excluding hydrogens is 182 g/mol. The maximum atomic E-state index is 3.65. The van der Waals surface area contributed by atoms with Crippen LogP contribution in [0.25, 0.3) is 0 Å². The minimum Gasteiger partial charge on any atom is -0.314 e. The van der Waals surface area contributed by atoms with Crippen molar-refractivity contribution in [1.82, 2.24) is 5.32 Å². The number of hydrogen-bond acceptors (Lipinski definition) is 1. The normalized spacial score (nSPS) is 29.3. The van der Waals surface area contributed by atoms with Gasteiger partial charge in [-0.25, -0.2) is 0 Å². The highest BCUT2D eigenvalue weighted by atomic mass is 14.9. The van der Waals surface area contributed by atoms with E-state index in [0.717, 1.165) is 12.0 Å². The van der Waals surface area contributed by atoms with E-state index >= 15 is 0 Å². The fourth-order valence-electron chi connectivity index (χ4n) is 3.04. The Kier molecular flexibility index (Phi) is 2.49. The lowest BCUT2D eigenvalue weighted by atomic mass is 9.74. The van der Waals surface area contributed by atoms with Gasteiger partial charge in [0, 0.05) is 6.04 Å². The number of piperidine rings is 1. The van der Waals surface area contributed by atoms with Crippen LogP contribution in [0, 0.1) is 0 Å². The van der Waals surface area contributed by atoms with Gasteiger partial charge in [0.05, 0.1) is 0 Å². The highest BCUT2D eigenvalue weighted by Gasteiger charge is 2.28. The van der Waals surface area contributed by atoms with E-state index < -0.39 is 0 Å². The van der Waals surface area contributed by atoms with E-state index in [1.165, 1.54) is 38.6 Å². The molecule has 0 amide bonds. The van der Waals surface area contributed by atoms with Gasteiger partial charge in [0.1, 0.15) is 0 Å². The summed E-state index contributed by atoms with van der Waals surface area (Å²) in [6.07, 6.45) is 6.85. The third-order valence-corrected chi connectivity index (χ3v) is 3.94. The Bertz CT molecular complexity index is 339. The van der Waals surface area contributed by atoms with Crippen molar-refractivity contribution in [2.24, 2.45) is 0 Å². The molecule has 1 aromatic rings. The number of fused-ring (bicyclic) bond motifs is 1. The highest BCUT2D eigenvalue weighted by Crippen LogP contribution is 2.38. The molecule has 2 atom stereocenters. The van der Waals surface area contributed by atoms with Crippen LogP contribution >= 0.6 is 0 Å². The number of hydrogen-bond donors (Lipinski definition) is 1. The van der Waals surface area contributed by atoms with E-state index in [1.807, 2.05) is 0 Å². The molecule has 0 radical (unpaired) electrons. The molecule has 1 heteroatoms. The predicted octanol–water partition coefficient (Wildman–Crippen LogP) is 2.86. The number of nitrogens with one attached hydrogen (secondary N) is 1. The zero-order valence-corrected chi connectivity index (χ0v) is 9.21. The van der Waals surface area contributed by atoms with E-state index in [4.69, 9.17) is 0 Å². The third kappa shape index (κ3) is 1.81. The van der Waals surface area contributed by atoms with Crippen LogP contribution in [0.5, 0.6) is 0 Å². The van der Waals surface area contributed by atoms with Crippen LogP contribution in [0.4, 0.5) is 0 Å². The molecule has 0 saturated carbocycles. The third-order valence-electron chi connectivity index (χ3n) is 3.94. The molecule has 0 spiro atoms. The topological polar surface area (TPSA) is 12.0 Å². The van der Waals surface area contributed by atoms with Gasteiger partial charge in [-0.05, 0) is 49.3 Å². The molecule has 3 rings (SSSR count). The smallest absolute Gasteiger partial charge is 0.00730 e. The number of benzene rings is 1. The summed E-state index contributed by atoms with van der Waals surface area (Å²) >= 11 is 0. The maximum absolute atomic E-state index is 3.65. The largest absolute Gasteiger partial charge is 0.314 e. The summed E-state index contributed by atoms with van der Waals surface area (Å²) in [5.41, 5.74) is 3.20. The molecule has 0 bridgehead atoms. The molecule has 1 fully saturated rings. The van der Waals surface area contributed by atoms with Gasteiger partial charge >= 0.3 is 0 Å². The second-order valence-electron chi connectivity index (χ2n) is 4.98. The van der Waals surface area contributed by atoms with Crippen LogP contribution < -0.4 is 5.32 Å². The van der Waals surface area contributed by atoms with Crippen LogP contribution in [0.2, 0.25) is 0 Å². The van der Waals surface area contributed by atoms with Crippen LogP contribution in [-0.4, -0.2) is 12.6 Å². The lowest BCUT2D eigenvalue weighted by Gasteiger charge is -2.34. The first kappa shape index (κ1) is 9.41. The highest BCUT2D eigenvalue weighted by molar-refractivity contribution is 5.39. The second-order valence-corrected chi connectivity index (χ2v) is 4.98. The van der Waals surface area contributed by atoms with Crippen molar-refractivity contribution >= 4 is 0 Å². The molecule has 1 aliphatic heterocycles. The summed E-state index contributed by atoms with van der Waals surface area (Å²) in [5.74, 6) is 0.844. The Hall–Kier alpha value is -0.820. The first-order chi connectivity index (χ1) is 7.43. The average Bonchev–Trinajstić information content (AvgIpc) is 2.27. The van der Waals surface area contributed by atoms with E-state index in [2.05, 4.69) is 29.6 Å². The summed E-state index contributed by atoms with van der Waals surface area (Å²) in [6, 6.07) is 9.72. The minimum absolute atomic E-state index is 0.789. The Morgan fingerprint density at radius 2 is 2.13 bits per heavy atom. The van der Waals surface area contributed by atoms with Crippen molar-refractivity contribution in [3.63, 3.8) is 0 Å². The van der Waals surface area contributed by atoms with Crippen LogP contribution in [0.3, 0.4) is 0 Å². The first-order valence-electron chi connectivity index (χ1n) is 6.24. The zero-order valence-electron chi connectivity index (χ0n) is 9.21. The quantitative estimate of drug-likeness (QED) is 0.776. The Labute approximate surface area is 91.9 Å². The molecule has 1 N–H and O–H groups in total. The fraction of sp³-hybridized carbons (Fsp3) is 0.571. The van der Waals surface area contributed by atoms with Crippen LogP contribution in [0.15, 0.2) is 24.3 Å². The van der Waals surface area contributed by atoms with E-state index in [1.54, 1.807) is 11.1 Å². The van der Waals surface area contributed by atoms with Crippen molar-refractivity contribution in [1.29, 1.82) is 0 Å². The molecule has 2 aliphatic rings. The molecule has 0 aromatic heterocycles. The maximum Gasteiger partial charge on any atom is 0.00730 e. The van der Waals surface area contributed by atoms with E-state index in [-0.39, 0.29) is 0 Å². The van der Waals surface area contributed by atoms with Gasteiger partial charge in [0.15, 0.2) is 0 Å². The van der Waals surface area contributed by atoms with E-state index in [0.29, 0.717) is 0 Å². The summed E-state index contributed by atoms with van der Waals surface area (Å²) in [5, 5.41) is 3.65. The summed E-state index contributed by atoms with van der Waals surface area (Å²) in [4.78, 5) is 0. The molecular formula is C14H19N. The van der Waals surface area contributed by atoms with Gasteiger partial charge in [0.25, 0.3) is 0 Å². The van der Waals surface area contributed by atoms with E-state index in [9.17, 15) is 0 Å². The monoisotopic (exact) mass is 201 g/mol. The summed E-state index contributed by atoms with van der Waals surface area (Å²) in [6.45, 7) is 1.24. The van der Waals surface area contributed by atoms with Gasteiger partial charge in [-0.15, -0.1) is 0 Å². The zero-order chi connectivity index (χ0) is 10.1. The molecule has 1 aromatic carbocycles. The standard InChI is InChI=1S/C14H19N/c1-2-7-14-11(5-1)9-12(14)10-13-6-3-4-8-15-13/h1-2,5,7,12-13,15H,3-4,6,8-10H2. The number of rotatable bonds is 2. The average molecular weight is 201 g/mol. The van der Waals surface area contributed by atoms with Crippen LogP contribution in [-0.2, 0) is 6.42 Å². The Morgan fingerprint density at radius 1 is 1.20 bits per heavy atom. The first-order valence-corrected chi connectivity index (χ1v) is 6.24. The predicted molar refractivity (Wildman–Crippen MR) is 63.1 cm³/mol. The van der Waals surface area contributed by atoms with Crippen molar-refractivity contribution in [3.8, 4) is 0 Å². The van der Waals surface area contributed by atoms with Gasteiger partial charge < -0.3 is 5.32 Å². The Balaban J connectivity index is 1.62. The summed E-state index contributed by atoms with van der Waals surface area (Å²) in [7, 11) is 0. The van der Waals surface area contributed by atoms with Crippen molar-refractivity contribution in [2.45, 2.75) is 44.1 Å². The van der Waals surface area contributed by atoms with Gasteiger partial charge in [-0.3, -0.25) is 0 Å². The van der Waals surface area contributed by atoms with Gasteiger partial charge in [0.2, 0.25) is 0 Å². The molecule has 80 valence electrons. The fourth-order valence-corrected chi connectivity index (χ4v) is 3.04. The lowest BCUT2D eigenvalue weighted by molar-refractivity contribution is 0.349. The van der Waals surface area contributed by atoms with Gasteiger partial charge in [-0.1, -0.05) is 30.7 Å². The molecule has 1 aliphatic carbocycles. The molecule has 2 unspecified atom stereocenters. The second kappa shape index (κ2) is 3.97. The van der Waals surface area contributed by atoms with Crippen molar-refractivity contribution < 1.29 is 0 Å². The molecule has 15 heavy (non-hydrogen) atoms. The van der Waals surface area contributed by atoms with Crippen molar-refractivity contribution in [3.05, 3.63) is 35.4 Å². The van der Waals surface area contributed by atoms with Crippen LogP contribution in [0.1, 0.15) is 42.7 Å². The lowest BCUT2D eigenvalue weighted by Crippen LogP contribution is -2.36. The molecule has 1 saturated heterocycles. The Morgan fingerprint density at radius 3 is 2.93 bits per heavy atom. The minimum atomic E-state index is 0.789. The summed E-state index contributed by atoms with van der Waals surface area (Å²) < 4.78 is 0. The van der Waals surface area contributed by atoms with Gasteiger partial charge in [-0.2, -0.15) is 0 Å².